The maximum Gasteiger partial charge on any atom is 0.343 e. The van der Waals surface area contributed by atoms with E-state index in [4.69, 9.17) is 11.1 Å². The number of rotatable bonds is 3. The van der Waals surface area contributed by atoms with Crippen molar-refractivity contribution < 1.29 is 0 Å². The normalized spacial score (nSPS) is 14.0. The Labute approximate surface area is 125 Å². The molecule has 7 nitrogen and oxygen atoms in total. The molecule has 2 aromatic heterocycles. The van der Waals surface area contributed by atoms with Crippen molar-refractivity contribution in [3.8, 4) is 0 Å². The highest BCUT2D eigenvalue weighted by Crippen LogP contribution is 2.30. The maximum absolute atomic E-state index is 11.4. The summed E-state index contributed by atoms with van der Waals surface area (Å²) in [5, 5.41) is 15.2. The number of hydrogen-bond acceptors (Lipinski definition) is 5. The molecule has 0 unspecified atom stereocenters. The highest BCUT2D eigenvalue weighted by atomic mass is 32.2. The van der Waals surface area contributed by atoms with Gasteiger partial charge in [-0.3, -0.25) is 9.98 Å². The monoisotopic (exact) mass is 304 g/mol. The molecule has 3 rings (SSSR count). The number of nitrogens with zero attached hydrogens (tertiary/aromatic N) is 3. The number of fused-ring (bicyclic) bond motifs is 1. The van der Waals surface area contributed by atoms with E-state index in [2.05, 4.69) is 15.2 Å². The quantitative estimate of drug-likeness (QED) is 0.574. The number of aromatic nitrogens is 4. The first-order valence-electron chi connectivity index (χ1n) is 6.72. The van der Waals surface area contributed by atoms with Crippen molar-refractivity contribution in [2.75, 3.05) is 0 Å². The zero-order valence-electron chi connectivity index (χ0n) is 11.6. The molecule has 0 fully saturated rings. The third-order valence-corrected chi connectivity index (χ3v) is 4.64. The summed E-state index contributed by atoms with van der Waals surface area (Å²) in [4.78, 5) is 16.1. The van der Waals surface area contributed by atoms with Crippen LogP contribution in [0.2, 0.25) is 0 Å². The zero-order chi connectivity index (χ0) is 15.0. The van der Waals surface area contributed by atoms with E-state index in [-0.39, 0.29) is 11.5 Å². The van der Waals surface area contributed by atoms with Crippen LogP contribution >= 0.6 is 11.8 Å². The number of H-pyrrole nitrogens is 1. The lowest BCUT2D eigenvalue weighted by molar-refractivity contribution is 0.659. The van der Waals surface area contributed by atoms with Crippen LogP contribution in [0.4, 0.5) is 0 Å². The largest absolute Gasteiger partial charge is 0.384 e. The van der Waals surface area contributed by atoms with Gasteiger partial charge in [0.1, 0.15) is 10.9 Å². The molecule has 1 aliphatic rings. The van der Waals surface area contributed by atoms with Crippen LogP contribution in [0, 0.1) is 5.41 Å². The average Bonchev–Trinajstić information content (AvgIpc) is 2.78. The predicted octanol–water partition coefficient (Wildman–Crippen LogP) is 0.817. The van der Waals surface area contributed by atoms with Crippen molar-refractivity contribution in [2.45, 2.75) is 35.9 Å². The summed E-state index contributed by atoms with van der Waals surface area (Å²) in [5.74, 6) is -0.0149. The predicted molar refractivity (Wildman–Crippen MR) is 79.8 cm³/mol. The summed E-state index contributed by atoms with van der Waals surface area (Å²) in [6.07, 6.45) is 4.20. The van der Waals surface area contributed by atoms with Gasteiger partial charge >= 0.3 is 5.69 Å². The van der Waals surface area contributed by atoms with Crippen molar-refractivity contribution in [3.05, 3.63) is 33.4 Å². The van der Waals surface area contributed by atoms with E-state index < -0.39 is 0 Å². The summed E-state index contributed by atoms with van der Waals surface area (Å²) >= 11 is 1.25. The fourth-order valence-electron chi connectivity index (χ4n) is 2.40. The van der Waals surface area contributed by atoms with E-state index in [1.807, 2.05) is 6.07 Å². The van der Waals surface area contributed by atoms with Crippen molar-refractivity contribution in [2.24, 2.45) is 12.8 Å². The summed E-state index contributed by atoms with van der Waals surface area (Å²) < 4.78 is 1.41. The van der Waals surface area contributed by atoms with Gasteiger partial charge in [-0.25, -0.2) is 14.9 Å². The molecule has 21 heavy (non-hydrogen) atoms. The van der Waals surface area contributed by atoms with E-state index in [9.17, 15) is 4.79 Å². The number of nitrogens with one attached hydrogen (secondary N) is 2. The van der Waals surface area contributed by atoms with E-state index in [1.165, 1.54) is 21.9 Å². The molecule has 0 aliphatic heterocycles. The van der Waals surface area contributed by atoms with Crippen molar-refractivity contribution >= 4 is 17.6 Å². The highest BCUT2D eigenvalue weighted by Gasteiger charge is 2.19. The van der Waals surface area contributed by atoms with Gasteiger partial charge in [-0.2, -0.15) is 0 Å². The number of hydrogen-bond donors (Lipinski definition) is 3. The third-order valence-electron chi connectivity index (χ3n) is 3.58. The van der Waals surface area contributed by atoms with Crippen LogP contribution in [0.25, 0.3) is 0 Å². The summed E-state index contributed by atoms with van der Waals surface area (Å²) in [6.45, 7) is 0. The highest BCUT2D eigenvalue weighted by molar-refractivity contribution is 7.99. The standard InChI is InChI=1S/C13H16N6OS/c1-19-12(20)17-18-13(19)21-11-8(10(14)15)6-7-4-2-3-5-9(7)16-11/h6H,2-5H2,1H3,(H3,14,15)(H,17,20). The second-order valence-electron chi connectivity index (χ2n) is 5.04. The fraction of sp³-hybridized carbons (Fsp3) is 0.385. The molecule has 1 aliphatic carbocycles. The first-order valence-corrected chi connectivity index (χ1v) is 7.54. The minimum atomic E-state index is -0.278. The van der Waals surface area contributed by atoms with Gasteiger partial charge in [0.2, 0.25) is 0 Å². The molecule has 2 aromatic rings. The minimum Gasteiger partial charge on any atom is -0.384 e. The van der Waals surface area contributed by atoms with Crippen LogP contribution < -0.4 is 11.4 Å². The topological polar surface area (TPSA) is 113 Å². The summed E-state index contributed by atoms with van der Waals surface area (Å²) in [5.41, 5.74) is 8.24. The third kappa shape index (κ3) is 2.58. The van der Waals surface area contributed by atoms with E-state index in [0.29, 0.717) is 15.7 Å². The lowest BCUT2D eigenvalue weighted by atomic mass is 9.95. The van der Waals surface area contributed by atoms with Gasteiger partial charge in [0.15, 0.2) is 5.16 Å². The molecule has 0 radical (unpaired) electrons. The van der Waals surface area contributed by atoms with E-state index >= 15 is 0 Å². The second kappa shape index (κ2) is 5.36. The first kappa shape index (κ1) is 13.9. The summed E-state index contributed by atoms with van der Waals surface area (Å²) in [6, 6.07) is 1.96. The van der Waals surface area contributed by atoms with Gasteiger partial charge in [-0.05, 0) is 49.1 Å². The fourth-order valence-corrected chi connectivity index (χ4v) is 3.31. The number of aromatic amines is 1. The SMILES string of the molecule is Cn1c(Sc2nc3c(cc2C(=N)N)CCCC3)n[nH]c1=O. The average molecular weight is 304 g/mol. The van der Waals surface area contributed by atoms with Crippen LogP contribution in [-0.4, -0.2) is 25.6 Å². The molecule has 8 heteroatoms. The Balaban J connectivity index is 2.05. The maximum atomic E-state index is 11.4. The first-order chi connectivity index (χ1) is 10.1. The molecule has 0 saturated heterocycles. The molecule has 0 atom stereocenters. The minimum absolute atomic E-state index is 0.0149. The Kier molecular flexibility index (Phi) is 3.54. The molecule has 0 spiro atoms. The van der Waals surface area contributed by atoms with Crippen LogP contribution in [0.15, 0.2) is 21.0 Å². The Hall–Kier alpha value is -2.09. The molecule has 0 bridgehead atoms. The van der Waals surface area contributed by atoms with Gasteiger partial charge in [0.05, 0.1) is 0 Å². The molecule has 110 valence electrons. The van der Waals surface area contributed by atoms with Crippen LogP contribution in [0.1, 0.15) is 29.7 Å². The molecule has 4 N–H and O–H groups in total. The van der Waals surface area contributed by atoms with Crippen molar-refractivity contribution in [3.63, 3.8) is 0 Å². The van der Waals surface area contributed by atoms with Gasteiger partial charge in [0.25, 0.3) is 0 Å². The number of nitrogen functional groups attached to an aromatic ring is 1. The van der Waals surface area contributed by atoms with Gasteiger partial charge in [-0.15, -0.1) is 5.10 Å². The Morgan fingerprint density at radius 3 is 2.90 bits per heavy atom. The van der Waals surface area contributed by atoms with Gasteiger partial charge in [0, 0.05) is 18.3 Å². The number of aryl methyl sites for hydroxylation is 2. The van der Waals surface area contributed by atoms with Crippen molar-refractivity contribution in [1.82, 2.24) is 19.7 Å². The lowest BCUT2D eigenvalue weighted by Crippen LogP contribution is -2.17. The summed E-state index contributed by atoms with van der Waals surface area (Å²) in [7, 11) is 1.64. The number of nitrogens with two attached hydrogens (primary N) is 1. The Bertz CT molecular complexity index is 763. The zero-order valence-corrected chi connectivity index (χ0v) is 12.5. The molecular formula is C13H16N6OS. The molecule has 2 heterocycles. The smallest absolute Gasteiger partial charge is 0.343 e. The number of pyridine rings is 1. The van der Waals surface area contributed by atoms with Gasteiger partial charge in [-0.1, -0.05) is 0 Å². The Morgan fingerprint density at radius 2 is 2.24 bits per heavy atom. The number of amidine groups is 1. The molecule has 0 amide bonds. The van der Waals surface area contributed by atoms with Crippen LogP contribution in [-0.2, 0) is 19.9 Å². The molecule has 0 aromatic carbocycles. The molecular weight excluding hydrogens is 288 g/mol. The molecule has 0 saturated carbocycles. The van der Waals surface area contributed by atoms with Crippen molar-refractivity contribution in [1.29, 1.82) is 5.41 Å². The van der Waals surface area contributed by atoms with Crippen LogP contribution in [0.3, 0.4) is 0 Å². The Morgan fingerprint density at radius 1 is 1.48 bits per heavy atom. The van der Waals surface area contributed by atoms with Gasteiger partial charge < -0.3 is 5.73 Å². The van der Waals surface area contributed by atoms with E-state index in [1.54, 1.807) is 7.05 Å². The van der Waals surface area contributed by atoms with Crippen LogP contribution in [0.5, 0.6) is 0 Å². The van der Waals surface area contributed by atoms with E-state index in [0.717, 1.165) is 31.4 Å². The second-order valence-corrected chi connectivity index (χ2v) is 6.00. The lowest BCUT2D eigenvalue weighted by Gasteiger charge is -2.17.